The molecule has 0 radical (unpaired) electrons. The van der Waals surface area contributed by atoms with Gasteiger partial charge in [-0.2, -0.15) is 0 Å². The van der Waals surface area contributed by atoms with Gasteiger partial charge >= 0.3 is 0 Å². The van der Waals surface area contributed by atoms with Crippen molar-refractivity contribution in [2.75, 3.05) is 5.32 Å². The maximum Gasteiger partial charge on any atom is 0.211 e. The van der Waals surface area contributed by atoms with Crippen molar-refractivity contribution in [1.29, 1.82) is 0 Å². The second-order valence-corrected chi connectivity index (χ2v) is 4.07. The van der Waals surface area contributed by atoms with E-state index >= 15 is 0 Å². The van der Waals surface area contributed by atoms with Crippen LogP contribution in [0.3, 0.4) is 0 Å². The Hall–Kier alpha value is -2.09. The Bertz CT molecular complexity index is 506. The first-order valence-electron chi connectivity index (χ1n) is 5.63. The van der Waals surface area contributed by atoms with E-state index < -0.39 is 0 Å². The molecule has 1 amide bonds. The van der Waals surface area contributed by atoms with Crippen molar-refractivity contribution in [3.05, 3.63) is 65.2 Å². The Morgan fingerprint density at radius 3 is 2.53 bits per heavy atom. The predicted octanol–water partition coefficient (Wildman–Crippen LogP) is 3.15. The van der Waals surface area contributed by atoms with E-state index in [0.717, 1.165) is 12.1 Å². The molecule has 86 valence electrons. The van der Waals surface area contributed by atoms with E-state index in [9.17, 15) is 4.79 Å². The third kappa shape index (κ3) is 2.94. The molecule has 0 fully saturated rings. The zero-order chi connectivity index (χ0) is 12.1. The molecular formula is C15H15NO. The Morgan fingerprint density at radius 1 is 1.12 bits per heavy atom. The fourth-order valence-electron chi connectivity index (χ4n) is 1.87. The molecule has 0 atom stereocenters. The highest BCUT2D eigenvalue weighted by Gasteiger charge is 2.01. The van der Waals surface area contributed by atoms with Gasteiger partial charge in [0.05, 0.1) is 0 Å². The highest BCUT2D eigenvalue weighted by atomic mass is 16.1. The van der Waals surface area contributed by atoms with Gasteiger partial charge in [0.1, 0.15) is 0 Å². The van der Waals surface area contributed by atoms with Crippen LogP contribution in [0, 0.1) is 6.92 Å². The van der Waals surface area contributed by atoms with Gasteiger partial charge in [-0.1, -0.05) is 36.4 Å². The van der Waals surface area contributed by atoms with Crippen LogP contribution in [0.4, 0.5) is 5.69 Å². The van der Waals surface area contributed by atoms with E-state index in [0.29, 0.717) is 6.41 Å². The van der Waals surface area contributed by atoms with Gasteiger partial charge < -0.3 is 5.32 Å². The molecule has 0 aliphatic carbocycles. The lowest BCUT2D eigenvalue weighted by atomic mass is 10.0. The molecule has 0 saturated heterocycles. The molecule has 1 N–H and O–H groups in total. The molecule has 0 unspecified atom stereocenters. The quantitative estimate of drug-likeness (QED) is 0.796. The van der Waals surface area contributed by atoms with Crippen LogP contribution in [-0.2, 0) is 11.2 Å². The second kappa shape index (κ2) is 5.30. The lowest BCUT2D eigenvalue weighted by Gasteiger charge is -2.08. The van der Waals surface area contributed by atoms with Crippen LogP contribution >= 0.6 is 0 Å². The summed E-state index contributed by atoms with van der Waals surface area (Å²) >= 11 is 0. The van der Waals surface area contributed by atoms with Gasteiger partial charge in [0.25, 0.3) is 0 Å². The van der Waals surface area contributed by atoms with Crippen molar-refractivity contribution in [2.24, 2.45) is 0 Å². The van der Waals surface area contributed by atoms with Gasteiger partial charge in [-0.05, 0) is 42.2 Å². The Balaban J connectivity index is 2.19. The minimum absolute atomic E-state index is 0.700. The number of rotatable bonds is 4. The van der Waals surface area contributed by atoms with Crippen molar-refractivity contribution in [1.82, 2.24) is 0 Å². The van der Waals surface area contributed by atoms with E-state index in [1.54, 1.807) is 0 Å². The highest BCUT2D eigenvalue weighted by Crippen LogP contribution is 2.18. The summed E-state index contributed by atoms with van der Waals surface area (Å²) in [4.78, 5) is 10.4. The zero-order valence-corrected chi connectivity index (χ0v) is 9.81. The Labute approximate surface area is 101 Å². The van der Waals surface area contributed by atoms with Crippen LogP contribution in [-0.4, -0.2) is 6.41 Å². The van der Waals surface area contributed by atoms with E-state index in [-0.39, 0.29) is 0 Å². The largest absolute Gasteiger partial charge is 0.329 e. The van der Waals surface area contributed by atoms with E-state index in [4.69, 9.17) is 0 Å². The fourth-order valence-corrected chi connectivity index (χ4v) is 1.87. The lowest BCUT2D eigenvalue weighted by Crippen LogP contribution is -1.97. The van der Waals surface area contributed by atoms with Crippen molar-refractivity contribution < 1.29 is 4.79 Å². The molecular weight excluding hydrogens is 210 g/mol. The second-order valence-electron chi connectivity index (χ2n) is 4.07. The van der Waals surface area contributed by atoms with Crippen LogP contribution in [0.2, 0.25) is 0 Å². The van der Waals surface area contributed by atoms with Crippen LogP contribution in [0.15, 0.2) is 48.5 Å². The van der Waals surface area contributed by atoms with Crippen molar-refractivity contribution in [3.8, 4) is 0 Å². The molecule has 0 spiro atoms. The lowest BCUT2D eigenvalue weighted by molar-refractivity contribution is -0.105. The number of aryl methyl sites for hydroxylation is 1. The van der Waals surface area contributed by atoms with Gasteiger partial charge in [0, 0.05) is 5.69 Å². The first kappa shape index (κ1) is 11.4. The number of nitrogens with one attached hydrogen (secondary N) is 1. The SMILES string of the molecule is Cc1cc(NC=O)ccc1Cc1ccccc1. The number of benzene rings is 2. The molecule has 0 aliphatic heterocycles. The van der Waals surface area contributed by atoms with Crippen LogP contribution in [0.1, 0.15) is 16.7 Å². The molecule has 0 bridgehead atoms. The topological polar surface area (TPSA) is 29.1 Å². The maximum absolute atomic E-state index is 10.4. The monoisotopic (exact) mass is 225 g/mol. The third-order valence-corrected chi connectivity index (χ3v) is 2.81. The minimum atomic E-state index is 0.700. The van der Waals surface area contributed by atoms with Gasteiger partial charge in [-0.15, -0.1) is 0 Å². The average Bonchev–Trinajstić information content (AvgIpc) is 2.34. The molecule has 2 nitrogen and oxygen atoms in total. The maximum atomic E-state index is 10.4. The summed E-state index contributed by atoms with van der Waals surface area (Å²) < 4.78 is 0. The summed E-state index contributed by atoms with van der Waals surface area (Å²) in [5.41, 5.74) is 4.62. The van der Waals surface area contributed by atoms with Crippen LogP contribution in [0.25, 0.3) is 0 Å². The third-order valence-electron chi connectivity index (χ3n) is 2.81. The number of hydrogen-bond acceptors (Lipinski definition) is 1. The number of anilines is 1. The average molecular weight is 225 g/mol. The normalized spacial score (nSPS) is 9.94. The first-order valence-corrected chi connectivity index (χ1v) is 5.63. The van der Waals surface area contributed by atoms with E-state index in [1.165, 1.54) is 16.7 Å². The number of hydrogen-bond donors (Lipinski definition) is 1. The van der Waals surface area contributed by atoms with Crippen molar-refractivity contribution in [3.63, 3.8) is 0 Å². The van der Waals surface area contributed by atoms with E-state index in [1.807, 2.05) is 30.3 Å². The summed E-state index contributed by atoms with van der Waals surface area (Å²) in [7, 11) is 0. The Kier molecular flexibility index (Phi) is 3.55. The summed E-state index contributed by atoms with van der Waals surface area (Å²) in [6.45, 7) is 2.06. The van der Waals surface area contributed by atoms with Crippen molar-refractivity contribution in [2.45, 2.75) is 13.3 Å². The molecule has 17 heavy (non-hydrogen) atoms. The molecule has 0 heterocycles. The first-order chi connectivity index (χ1) is 8.29. The molecule has 2 heteroatoms. The number of carbonyl (C=O) groups is 1. The van der Waals surface area contributed by atoms with Crippen LogP contribution in [0.5, 0.6) is 0 Å². The van der Waals surface area contributed by atoms with Crippen molar-refractivity contribution >= 4 is 12.1 Å². The summed E-state index contributed by atoms with van der Waals surface area (Å²) in [6.07, 6.45) is 1.62. The van der Waals surface area contributed by atoms with Gasteiger partial charge in [-0.25, -0.2) is 0 Å². The molecule has 0 aliphatic rings. The zero-order valence-electron chi connectivity index (χ0n) is 9.81. The minimum Gasteiger partial charge on any atom is -0.329 e. The highest BCUT2D eigenvalue weighted by molar-refractivity contribution is 5.71. The Morgan fingerprint density at radius 2 is 1.88 bits per heavy atom. The summed E-state index contributed by atoms with van der Waals surface area (Å²) in [5, 5.41) is 2.66. The van der Waals surface area contributed by atoms with Crippen LogP contribution < -0.4 is 5.32 Å². The van der Waals surface area contributed by atoms with Gasteiger partial charge in [0.2, 0.25) is 6.41 Å². The predicted molar refractivity (Wildman–Crippen MR) is 70.1 cm³/mol. The smallest absolute Gasteiger partial charge is 0.211 e. The molecule has 2 aromatic rings. The van der Waals surface area contributed by atoms with Gasteiger partial charge in [0.15, 0.2) is 0 Å². The number of carbonyl (C=O) groups excluding carboxylic acids is 1. The molecule has 0 saturated carbocycles. The van der Waals surface area contributed by atoms with Gasteiger partial charge in [-0.3, -0.25) is 4.79 Å². The van der Waals surface area contributed by atoms with E-state index in [2.05, 4.69) is 30.4 Å². The number of amides is 1. The standard InChI is InChI=1S/C15H15NO/c1-12-9-15(16-11-17)8-7-14(12)10-13-5-3-2-4-6-13/h2-9,11H,10H2,1H3,(H,16,17). The summed E-state index contributed by atoms with van der Waals surface area (Å²) in [5.74, 6) is 0. The fraction of sp³-hybridized carbons (Fsp3) is 0.133. The molecule has 2 aromatic carbocycles. The summed E-state index contributed by atoms with van der Waals surface area (Å²) in [6, 6.07) is 16.3. The molecule has 2 rings (SSSR count). The molecule has 0 aromatic heterocycles.